The number of nitrogens with zero attached hydrogens (tertiary/aromatic N) is 2. The van der Waals surface area contributed by atoms with Crippen LogP contribution in [-0.2, 0) is 11.3 Å². The Labute approximate surface area is 128 Å². The molecule has 0 bridgehead atoms. The Morgan fingerprint density at radius 3 is 2.60 bits per heavy atom. The highest BCUT2D eigenvalue weighted by molar-refractivity contribution is 9.10. The van der Waals surface area contributed by atoms with Crippen molar-refractivity contribution in [2.24, 2.45) is 11.3 Å². The third-order valence-electron chi connectivity index (χ3n) is 4.02. The van der Waals surface area contributed by atoms with Crippen molar-refractivity contribution in [3.63, 3.8) is 0 Å². The van der Waals surface area contributed by atoms with Crippen molar-refractivity contribution in [2.45, 2.75) is 40.7 Å². The lowest BCUT2D eigenvalue weighted by atomic mass is 9.80. The van der Waals surface area contributed by atoms with Gasteiger partial charge in [0.05, 0.1) is 0 Å². The summed E-state index contributed by atoms with van der Waals surface area (Å²) in [7, 11) is 0. The van der Waals surface area contributed by atoms with E-state index in [1.54, 1.807) is 6.07 Å². The standard InChI is InChI=1S/C15H21BrN2O2/c1-5-17-9-11(16)7-12(17)14(20)18-8-10(6-13(18)19)15(2,3)4/h7,9-10H,5-6,8H2,1-4H3. The zero-order valence-electron chi connectivity index (χ0n) is 12.4. The zero-order valence-corrected chi connectivity index (χ0v) is 14.0. The number of hydrogen-bond donors (Lipinski definition) is 0. The summed E-state index contributed by atoms with van der Waals surface area (Å²) in [5.41, 5.74) is 0.611. The Hall–Kier alpha value is -1.10. The monoisotopic (exact) mass is 340 g/mol. The molecule has 1 aliphatic rings. The highest BCUT2D eigenvalue weighted by Gasteiger charge is 2.40. The molecule has 0 spiro atoms. The number of rotatable bonds is 2. The van der Waals surface area contributed by atoms with E-state index in [1.165, 1.54) is 4.90 Å². The minimum Gasteiger partial charge on any atom is -0.343 e. The lowest BCUT2D eigenvalue weighted by Gasteiger charge is -2.26. The molecule has 4 nitrogen and oxygen atoms in total. The highest BCUT2D eigenvalue weighted by Crippen LogP contribution is 2.35. The Morgan fingerprint density at radius 1 is 1.45 bits per heavy atom. The van der Waals surface area contributed by atoms with Crippen LogP contribution in [0.5, 0.6) is 0 Å². The molecule has 1 saturated heterocycles. The minimum atomic E-state index is -0.186. The molecule has 1 aliphatic heterocycles. The number of imide groups is 1. The van der Waals surface area contributed by atoms with E-state index < -0.39 is 0 Å². The SMILES string of the molecule is CCn1cc(Br)cc1C(=O)N1CC(C(C)(C)C)CC1=O. The number of halogens is 1. The molecule has 2 amide bonds. The van der Waals surface area contributed by atoms with E-state index in [2.05, 4.69) is 36.7 Å². The van der Waals surface area contributed by atoms with Crippen molar-refractivity contribution in [1.29, 1.82) is 0 Å². The van der Waals surface area contributed by atoms with Crippen LogP contribution in [0.15, 0.2) is 16.7 Å². The minimum absolute atomic E-state index is 0.0397. The smallest absolute Gasteiger partial charge is 0.277 e. The topological polar surface area (TPSA) is 42.3 Å². The summed E-state index contributed by atoms with van der Waals surface area (Å²) < 4.78 is 2.73. The Bertz CT molecular complexity index is 543. The second-order valence-electron chi connectivity index (χ2n) is 6.41. The molecule has 2 heterocycles. The van der Waals surface area contributed by atoms with Gasteiger partial charge >= 0.3 is 0 Å². The molecule has 0 saturated carbocycles. The van der Waals surface area contributed by atoms with E-state index >= 15 is 0 Å². The molecule has 1 unspecified atom stereocenters. The van der Waals surface area contributed by atoms with Crippen molar-refractivity contribution >= 4 is 27.7 Å². The highest BCUT2D eigenvalue weighted by atomic mass is 79.9. The van der Waals surface area contributed by atoms with Gasteiger partial charge in [0.15, 0.2) is 0 Å². The number of aryl methyl sites for hydroxylation is 1. The molecule has 0 N–H and O–H groups in total. The van der Waals surface area contributed by atoms with Gasteiger partial charge in [0.2, 0.25) is 5.91 Å². The van der Waals surface area contributed by atoms with Gasteiger partial charge in [-0.25, -0.2) is 0 Å². The van der Waals surface area contributed by atoms with Crippen LogP contribution in [0.4, 0.5) is 0 Å². The lowest BCUT2D eigenvalue weighted by Crippen LogP contribution is -2.34. The fourth-order valence-electron chi connectivity index (χ4n) is 2.54. The number of carbonyl (C=O) groups is 2. The third-order valence-corrected chi connectivity index (χ3v) is 4.45. The zero-order chi connectivity index (χ0) is 15.1. The molecular weight excluding hydrogens is 320 g/mol. The molecule has 0 aromatic carbocycles. The van der Waals surface area contributed by atoms with E-state index in [0.717, 1.165) is 4.47 Å². The van der Waals surface area contributed by atoms with Crippen LogP contribution >= 0.6 is 15.9 Å². The quantitative estimate of drug-likeness (QED) is 0.775. The van der Waals surface area contributed by atoms with Gasteiger partial charge in [0.1, 0.15) is 5.69 Å². The Kier molecular flexibility index (Phi) is 4.09. The fourth-order valence-corrected chi connectivity index (χ4v) is 3.00. The van der Waals surface area contributed by atoms with Gasteiger partial charge in [-0.05, 0) is 40.3 Å². The first-order valence-corrected chi connectivity index (χ1v) is 7.73. The second kappa shape index (κ2) is 5.35. The van der Waals surface area contributed by atoms with Crippen LogP contribution < -0.4 is 0 Å². The second-order valence-corrected chi connectivity index (χ2v) is 7.32. The fraction of sp³-hybridized carbons (Fsp3) is 0.600. The average molecular weight is 341 g/mol. The number of likely N-dealkylation sites (tertiary alicyclic amines) is 1. The largest absolute Gasteiger partial charge is 0.343 e. The van der Waals surface area contributed by atoms with Gasteiger partial charge in [0.25, 0.3) is 5.91 Å². The van der Waals surface area contributed by atoms with Crippen molar-refractivity contribution in [2.75, 3.05) is 6.54 Å². The van der Waals surface area contributed by atoms with Crippen molar-refractivity contribution < 1.29 is 9.59 Å². The molecule has 5 heteroatoms. The van der Waals surface area contributed by atoms with E-state index in [4.69, 9.17) is 0 Å². The third kappa shape index (κ3) is 2.82. The van der Waals surface area contributed by atoms with Crippen molar-refractivity contribution in [3.05, 3.63) is 22.4 Å². The molecule has 0 radical (unpaired) electrons. The maximum atomic E-state index is 12.6. The summed E-state index contributed by atoms with van der Waals surface area (Å²) in [4.78, 5) is 26.1. The van der Waals surface area contributed by atoms with E-state index in [0.29, 0.717) is 25.2 Å². The van der Waals surface area contributed by atoms with Crippen molar-refractivity contribution in [3.8, 4) is 0 Å². The molecule has 1 fully saturated rings. The van der Waals surface area contributed by atoms with E-state index in [-0.39, 0.29) is 23.1 Å². The van der Waals surface area contributed by atoms with Gasteiger partial charge in [-0.1, -0.05) is 20.8 Å². The van der Waals surface area contributed by atoms with Gasteiger partial charge in [-0.2, -0.15) is 0 Å². The normalized spacial score (nSPS) is 19.8. The van der Waals surface area contributed by atoms with Crippen LogP contribution in [0.2, 0.25) is 0 Å². The van der Waals surface area contributed by atoms with Gasteiger partial charge in [0, 0.05) is 30.2 Å². The summed E-state index contributed by atoms with van der Waals surface area (Å²) in [6.45, 7) is 9.55. The van der Waals surface area contributed by atoms with Gasteiger partial charge in [-0.3, -0.25) is 14.5 Å². The summed E-state index contributed by atoms with van der Waals surface area (Å²) in [5, 5.41) is 0. The first-order valence-electron chi connectivity index (χ1n) is 6.94. The summed E-state index contributed by atoms with van der Waals surface area (Å²) in [6.07, 6.45) is 2.33. The van der Waals surface area contributed by atoms with E-state index in [1.807, 2.05) is 17.7 Å². The maximum Gasteiger partial charge on any atom is 0.277 e. The lowest BCUT2D eigenvalue weighted by molar-refractivity contribution is -0.125. The molecule has 20 heavy (non-hydrogen) atoms. The predicted octanol–water partition coefficient (Wildman–Crippen LogP) is 3.31. The van der Waals surface area contributed by atoms with E-state index in [9.17, 15) is 9.59 Å². The number of amides is 2. The number of carbonyl (C=O) groups excluding carboxylic acids is 2. The molecule has 1 aromatic rings. The first kappa shape index (κ1) is 15.3. The van der Waals surface area contributed by atoms with Crippen LogP contribution in [0.1, 0.15) is 44.6 Å². The molecule has 1 aromatic heterocycles. The Morgan fingerprint density at radius 2 is 2.10 bits per heavy atom. The number of hydrogen-bond acceptors (Lipinski definition) is 2. The summed E-state index contributed by atoms with van der Waals surface area (Å²) in [5.74, 6) is -0.0170. The van der Waals surface area contributed by atoms with Gasteiger partial charge in [-0.15, -0.1) is 0 Å². The van der Waals surface area contributed by atoms with Crippen LogP contribution in [0, 0.1) is 11.3 Å². The molecule has 1 atom stereocenters. The molecule has 0 aliphatic carbocycles. The molecule has 110 valence electrons. The Balaban J connectivity index is 2.24. The van der Waals surface area contributed by atoms with Crippen LogP contribution in [0.25, 0.3) is 0 Å². The van der Waals surface area contributed by atoms with Gasteiger partial charge < -0.3 is 4.57 Å². The molecular formula is C15H21BrN2O2. The summed E-state index contributed by atoms with van der Waals surface area (Å²) >= 11 is 3.38. The van der Waals surface area contributed by atoms with Crippen LogP contribution in [-0.4, -0.2) is 27.8 Å². The number of aromatic nitrogens is 1. The first-order chi connectivity index (χ1) is 9.24. The predicted molar refractivity (Wildman–Crippen MR) is 81.4 cm³/mol. The summed E-state index contributed by atoms with van der Waals surface area (Å²) in [6, 6.07) is 1.78. The molecule has 2 rings (SSSR count). The average Bonchev–Trinajstić information content (AvgIpc) is 2.91. The van der Waals surface area contributed by atoms with Crippen LogP contribution in [0.3, 0.4) is 0 Å². The van der Waals surface area contributed by atoms with Crippen molar-refractivity contribution in [1.82, 2.24) is 9.47 Å². The maximum absolute atomic E-state index is 12.6.